The number of aromatic nitrogens is 1. The van der Waals surface area contributed by atoms with Crippen LogP contribution in [0.4, 0.5) is 4.39 Å². The number of carbonyl (C=O) groups excluding carboxylic acids is 2. The molecule has 1 saturated heterocycles. The summed E-state index contributed by atoms with van der Waals surface area (Å²) >= 11 is 1.41. The van der Waals surface area contributed by atoms with Gasteiger partial charge in [-0.1, -0.05) is 18.2 Å². The first-order chi connectivity index (χ1) is 16.9. The smallest absolute Gasteiger partial charge is 0.274 e. The minimum Gasteiger partial charge on any atom is -0.493 e. The van der Waals surface area contributed by atoms with Crippen LogP contribution in [-0.2, 0) is 6.42 Å². The highest BCUT2D eigenvalue weighted by molar-refractivity contribution is 7.15. The quantitative estimate of drug-likeness (QED) is 0.575. The van der Waals surface area contributed by atoms with Gasteiger partial charge in [-0.2, -0.15) is 0 Å². The summed E-state index contributed by atoms with van der Waals surface area (Å²) in [4.78, 5) is 33.9. The second-order valence-corrected chi connectivity index (χ2v) is 10.8. The van der Waals surface area contributed by atoms with E-state index in [9.17, 15) is 14.0 Å². The maximum absolute atomic E-state index is 14.3. The molecule has 3 aliphatic rings. The average Bonchev–Trinajstić information content (AvgIpc) is 3.17. The molecule has 8 heteroatoms. The number of hydrogen-bond acceptors (Lipinski definition) is 5. The monoisotopic (exact) mass is 491 g/mol. The minimum atomic E-state index is -0.298. The van der Waals surface area contributed by atoms with Gasteiger partial charge in [-0.15, -0.1) is 11.3 Å². The van der Waals surface area contributed by atoms with Gasteiger partial charge in [0, 0.05) is 30.6 Å². The third kappa shape index (κ3) is 3.80. The molecule has 0 unspecified atom stereocenters. The van der Waals surface area contributed by atoms with Crippen LogP contribution in [0, 0.1) is 31.5 Å². The molecule has 3 atom stereocenters. The molecule has 0 bridgehead atoms. The highest BCUT2D eigenvalue weighted by Crippen LogP contribution is 2.50. The summed E-state index contributed by atoms with van der Waals surface area (Å²) in [5, 5.41) is 3.84. The van der Waals surface area contributed by atoms with Crippen LogP contribution in [0.25, 0.3) is 10.4 Å². The summed E-state index contributed by atoms with van der Waals surface area (Å²) in [6, 6.07) is 10.4. The SMILES string of the molecule is Cc1nc(C(=O)N2C[C@@H]3C[C@@H]3[C@H]2CNC(=O)c2cccc3c2CCO3)c(-c2cccc(F)c2C)s1. The number of ether oxygens (including phenoxy) is 1. The van der Waals surface area contributed by atoms with Crippen LogP contribution in [0.1, 0.15) is 43.4 Å². The van der Waals surface area contributed by atoms with Crippen LogP contribution >= 0.6 is 11.3 Å². The predicted octanol–water partition coefficient (Wildman–Crippen LogP) is 4.39. The molecule has 0 spiro atoms. The van der Waals surface area contributed by atoms with Crippen molar-refractivity contribution >= 4 is 23.2 Å². The second-order valence-electron chi connectivity index (χ2n) is 9.60. The molecule has 1 aliphatic carbocycles. The Kier molecular flexibility index (Phi) is 5.36. The topological polar surface area (TPSA) is 71.5 Å². The number of fused-ring (bicyclic) bond motifs is 2. The normalized spacial score (nSPS) is 21.9. The molecule has 2 aliphatic heterocycles. The van der Waals surface area contributed by atoms with Crippen molar-refractivity contribution in [1.82, 2.24) is 15.2 Å². The summed E-state index contributed by atoms with van der Waals surface area (Å²) in [5.41, 5.74) is 3.17. The fourth-order valence-electron chi connectivity index (χ4n) is 5.54. The predicted molar refractivity (Wildman–Crippen MR) is 131 cm³/mol. The molecule has 6 nitrogen and oxygen atoms in total. The Labute approximate surface area is 207 Å². The van der Waals surface area contributed by atoms with Crippen molar-refractivity contribution in [3.63, 3.8) is 0 Å². The molecular weight excluding hydrogens is 465 g/mol. The summed E-state index contributed by atoms with van der Waals surface area (Å²) < 4.78 is 19.9. The van der Waals surface area contributed by atoms with Gasteiger partial charge in [0.2, 0.25) is 0 Å². The first kappa shape index (κ1) is 22.2. The van der Waals surface area contributed by atoms with Gasteiger partial charge in [0.05, 0.1) is 22.5 Å². The summed E-state index contributed by atoms with van der Waals surface area (Å²) in [5.74, 6) is 1.06. The van der Waals surface area contributed by atoms with E-state index in [0.717, 1.165) is 29.2 Å². The number of nitrogens with one attached hydrogen (secondary N) is 1. The Balaban J connectivity index is 1.23. The van der Waals surface area contributed by atoms with E-state index in [4.69, 9.17) is 4.74 Å². The molecule has 180 valence electrons. The van der Waals surface area contributed by atoms with Crippen LogP contribution in [-0.4, -0.2) is 47.4 Å². The van der Waals surface area contributed by atoms with Crippen molar-refractivity contribution in [1.29, 1.82) is 0 Å². The third-order valence-corrected chi connectivity index (χ3v) is 8.48. The Morgan fingerprint density at radius 3 is 2.91 bits per heavy atom. The number of benzene rings is 2. The fourth-order valence-corrected chi connectivity index (χ4v) is 6.53. The van der Waals surface area contributed by atoms with Crippen molar-refractivity contribution in [3.8, 4) is 16.2 Å². The van der Waals surface area contributed by atoms with Crippen LogP contribution < -0.4 is 10.1 Å². The zero-order valence-corrected chi connectivity index (χ0v) is 20.5. The number of aryl methyl sites for hydroxylation is 1. The molecule has 2 aromatic carbocycles. The van der Waals surface area contributed by atoms with Crippen LogP contribution in [0.5, 0.6) is 5.75 Å². The summed E-state index contributed by atoms with van der Waals surface area (Å²) in [6.07, 6.45) is 1.80. The fraction of sp³-hybridized carbons (Fsp3) is 0.370. The zero-order chi connectivity index (χ0) is 24.3. The van der Waals surface area contributed by atoms with Crippen LogP contribution in [0.15, 0.2) is 36.4 Å². The zero-order valence-electron chi connectivity index (χ0n) is 19.6. The Hall–Kier alpha value is -3.26. The number of rotatable bonds is 5. The molecule has 0 radical (unpaired) electrons. The number of nitrogens with zero attached hydrogens (tertiary/aromatic N) is 2. The number of thiazole rings is 1. The molecule has 6 rings (SSSR count). The number of piperidine rings is 1. The third-order valence-electron chi connectivity index (χ3n) is 7.47. The number of amides is 2. The lowest BCUT2D eigenvalue weighted by molar-refractivity contribution is 0.0690. The molecule has 2 amide bonds. The highest BCUT2D eigenvalue weighted by atomic mass is 32.1. The Bertz CT molecular complexity index is 1350. The number of hydrogen-bond donors (Lipinski definition) is 1. The van der Waals surface area contributed by atoms with E-state index in [1.54, 1.807) is 13.0 Å². The van der Waals surface area contributed by atoms with Gasteiger partial charge in [0.15, 0.2) is 0 Å². The maximum atomic E-state index is 14.3. The number of halogens is 1. The molecular formula is C27H26FN3O3S. The van der Waals surface area contributed by atoms with E-state index >= 15 is 0 Å². The van der Waals surface area contributed by atoms with Crippen LogP contribution in [0.3, 0.4) is 0 Å². The Morgan fingerprint density at radius 1 is 1.23 bits per heavy atom. The van der Waals surface area contributed by atoms with Crippen molar-refractivity contribution in [2.24, 2.45) is 11.8 Å². The lowest BCUT2D eigenvalue weighted by Crippen LogP contribution is -2.45. The van der Waals surface area contributed by atoms with Gasteiger partial charge in [0.1, 0.15) is 17.3 Å². The highest BCUT2D eigenvalue weighted by Gasteiger charge is 2.54. The molecule has 1 saturated carbocycles. The van der Waals surface area contributed by atoms with E-state index in [1.165, 1.54) is 17.4 Å². The minimum absolute atomic E-state index is 0.0760. The van der Waals surface area contributed by atoms with Crippen molar-refractivity contribution in [3.05, 3.63) is 69.6 Å². The number of carbonyl (C=O) groups is 2. The van der Waals surface area contributed by atoms with Crippen molar-refractivity contribution < 1.29 is 18.7 Å². The Morgan fingerprint density at radius 2 is 2.06 bits per heavy atom. The van der Waals surface area contributed by atoms with Gasteiger partial charge in [-0.05, 0) is 61.4 Å². The van der Waals surface area contributed by atoms with Crippen LogP contribution in [0.2, 0.25) is 0 Å². The standard InChI is InChI=1S/C27H26FN3O3S/c1-14-17(5-3-7-21(14)28)25-24(30-15(2)35-25)27(33)31-13-16-11-20(16)22(31)12-29-26(32)19-6-4-8-23-18(19)9-10-34-23/h3-8,16,20,22H,9-13H2,1-2H3,(H,29,32)/t16-,20-,22+/m0/s1. The van der Waals surface area contributed by atoms with E-state index in [0.29, 0.717) is 58.8 Å². The van der Waals surface area contributed by atoms with Gasteiger partial charge < -0.3 is 15.0 Å². The first-order valence-corrected chi connectivity index (χ1v) is 12.8. The largest absolute Gasteiger partial charge is 0.493 e. The summed E-state index contributed by atoms with van der Waals surface area (Å²) in [6.45, 7) is 5.24. The van der Waals surface area contributed by atoms with Crippen molar-refractivity contribution in [2.75, 3.05) is 19.7 Å². The molecule has 1 N–H and O–H groups in total. The van der Waals surface area contributed by atoms with Gasteiger partial charge >= 0.3 is 0 Å². The summed E-state index contributed by atoms with van der Waals surface area (Å²) in [7, 11) is 0. The average molecular weight is 492 g/mol. The lowest BCUT2D eigenvalue weighted by Gasteiger charge is -2.27. The number of likely N-dealkylation sites (tertiary alicyclic amines) is 1. The second kappa shape index (κ2) is 8.45. The van der Waals surface area contributed by atoms with E-state index in [2.05, 4.69) is 10.3 Å². The van der Waals surface area contributed by atoms with E-state index in [-0.39, 0.29) is 23.7 Å². The molecule has 2 fully saturated rings. The van der Waals surface area contributed by atoms with E-state index < -0.39 is 0 Å². The van der Waals surface area contributed by atoms with Gasteiger partial charge in [-0.25, -0.2) is 9.37 Å². The van der Waals surface area contributed by atoms with Crippen molar-refractivity contribution in [2.45, 2.75) is 32.7 Å². The molecule has 3 aromatic rings. The van der Waals surface area contributed by atoms with Gasteiger partial charge in [0.25, 0.3) is 11.8 Å². The molecule has 3 heterocycles. The molecule has 1 aromatic heterocycles. The molecule has 35 heavy (non-hydrogen) atoms. The van der Waals surface area contributed by atoms with Gasteiger partial charge in [-0.3, -0.25) is 9.59 Å². The lowest BCUT2D eigenvalue weighted by atomic mass is 10.0. The van der Waals surface area contributed by atoms with E-state index in [1.807, 2.05) is 36.1 Å². The maximum Gasteiger partial charge on any atom is 0.274 e. The first-order valence-electron chi connectivity index (χ1n) is 12.0.